The van der Waals surface area contributed by atoms with Crippen LogP contribution in [-0.4, -0.2) is 6.54 Å². The quantitative estimate of drug-likeness (QED) is 0.459. The van der Waals surface area contributed by atoms with Crippen molar-refractivity contribution in [2.45, 2.75) is 50.0 Å². The molecule has 178 valence electrons. The van der Waals surface area contributed by atoms with Gasteiger partial charge in [0.15, 0.2) is 6.54 Å². The Morgan fingerprint density at radius 1 is 0.882 bits per heavy atom. The Bertz CT molecular complexity index is 1260. The van der Waals surface area contributed by atoms with Crippen LogP contribution in [0.3, 0.4) is 0 Å². The molecule has 34 heavy (non-hydrogen) atoms. The fourth-order valence-electron chi connectivity index (χ4n) is 4.85. The maximum Gasteiger partial charge on any atom is 0.265 e. The molecule has 0 N–H and O–H groups in total. The fraction of sp³-hybridized carbons (Fsp3) is 0.320. The summed E-state index contributed by atoms with van der Waals surface area (Å²) in [6, 6.07) is 17.8. The summed E-state index contributed by atoms with van der Waals surface area (Å²) in [5.74, 6) is 0. The lowest BCUT2D eigenvalue weighted by Crippen LogP contribution is -2.68. The third-order valence-electron chi connectivity index (χ3n) is 6.27. The number of nitrogens with zero attached hydrogens (tertiary/aromatic N) is 2. The number of thiazole rings is 1. The zero-order valence-electron chi connectivity index (χ0n) is 18.6. The fourth-order valence-corrected chi connectivity index (χ4v) is 7.31. The van der Waals surface area contributed by atoms with E-state index < -0.39 is 10.2 Å². The topological polar surface area (TPSA) is 99.4 Å². The SMILES string of the molecule is C(=C1CCCC[n+]2c1sc1ccccc12)C1=C2Sc3ccccc3N2CCCC1.[O-][Cl+3]([O-])([O-])[O-]. The number of rotatable bonds is 1. The average molecular weight is 517 g/mol. The lowest BCUT2D eigenvalue weighted by atomic mass is 10.0. The number of hydrogen-bond donors (Lipinski definition) is 0. The molecule has 0 unspecified atom stereocenters. The van der Waals surface area contributed by atoms with Crippen molar-refractivity contribution < 1.29 is 33.4 Å². The molecule has 1 aromatic heterocycles. The average Bonchev–Trinajstić information content (AvgIpc) is 3.20. The van der Waals surface area contributed by atoms with Gasteiger partial charge in [-0.3, -0.25) is 0 Å². The highest BCUT2D eigenvalue weighted by atomic mass is 35.7. The van der Waals surface area contributed by atoms with Crippen molar-refractivity contribution in [2.75, 3.05) is 11.4 Å². The van der Waals surface area contributed by atoms with Crippen LogP contribution in [0.15, 0.2) is 70.1 Å². The van der Waals surface area contributed by atoms with E-state index in [0.29, 0.717) is 0 Å². The van der Waals surface area contributed by atoms with E-state index in [1.54, 1.807) is 11.1 Å². The number of para-hydroxylation sites is 2. The first kappa shape index (κ1) is 23.8. The van der Waals surface area contributed by atoms with Crippen molar-refractivity contribution in [1.82, 2.24) is 0 Å². The normalized spacial score (nSPS) is 19.2. The second kappa shape index (κ2) is 9.99. The molecule has 2 aromatic carbocycles. The molecule has 3 aliphatic rings. The lowest BCUT2D eigenvalue weighted by molar-refractivity contribution is -2.00. The smallest absolute Gasteiger partial charge is 0.265 e. The van der Waals surface area contributed by atoms with Gasteiger partial charge in [-0.15, -0.1) is 10.2 Å². The number of fused-ring (bicyclic) bond motifs is 6. The van der Waals surface area contributed by atoms with Gasteiger partial charge < -0.3 is 4.90 Å². The summed E-state index contributed by atoms with van der Waals surface area (Å²) < 4.78 is 38.0. The minimum absolute atomic E-state index is 1.15. The first-order valence-electron chi connectivity index (χ1n) is 11.4. The Hall–Kier alpha value is -1.91. The highest BCUT2D eigenvalue weighted by molar-refractivity contribution is 8.03. The molecule has 0 atom stereocenters. The van der Waals surface area contributed by atoms with E-state index in [9.17, 15) is 0 Å². The molecule has 4 heterocycles. The molecule has 0 spiro atoms. The number of halogens is 1. The van der Waals surface area contributed by atoms with Crippen molar-refractivity contribution in [3.63, 3.8) is 0 Å². The Kier molecular flexibility index (Phi) is 7.00. The van der Waals surface area contributed by atoms with Crippen molar-refractivity contribution >= 4 is 44.6 Å². The van der Waals surface area contributed by atoms with Gasteiger partial charge in [-0.05, 0) is 62.0 Å². The molecule has 0 aliphatic carbocycles. The minimum Gasteiger partial charge on any atom is -0.335 e. The third-order valence-corrected chi connectivity index (χ3v) is 8.75. The van der Waals surface area contributed by atoms with E-state index in [4.69, 9.17) is 18.6 Å². The maximum absolute atomic E-state index is 8.49. The third kappa shape index (κ3) is 5.18. The molecule has 0 amide bonds. The molecule has 0 bridgehead atoms. The van der Waals surface area contributed by atoms with Gasteiger partial charge in [0.25, 0.3) is 5.01 Å². The predicted molar refractivity (Wildman–Crippen MR) is 124 cm³/mol. The summed E-state index contributed by atoms with van der Waals surface area (Å²) >= 11 is 3.96. The molecule has 3 aliphatic heterocycles. The van der Waals surface area contributed by atoms with Gasteiger partial charge in [-0.1, -0.05) is 47.4 Å². The highest BCUT2D eigenvalue weighted by Gasteiger charge is 2.30. The number of hydrogen-bond acceptors (Lipinski definition) is 7. The second-order valence-electron chi connectivity index (χ2n) is 8.54. The number of aryl methyl sites for hydroxylation is 1. The molecule has 0 radical (unpaired) electrons. The van der Waals surface area contributed by atoms with Gasteiger partial charge in [0.1, 0.15) is 4.70 Å². The zero-order chi connectivity index (χ0) is 23.7. The summed E-state index contributed by atoms with van der Waals surface area (Å²) in [6.45, 7) is 2.30. The standard InChI is InChI=1S/C25H25N2S2.ClHO4/c1-3-13-22-20(11-1)26-15-7-5-9-18(24(26)28-22)17-19-10-6-8-16-27-21-12-2-4-14-23(21)29-25(19)27;2-1(3,4)5/h1-4,11-14,17H,5-10,15-16H2;(H,2,3,4,5)/q+1;/p-1. The van der Waals surface area contributed by atoms with E-state index in [-0.39, 0.29) is 0 Å². The zero-order valence-corrected chi connectivity index (χ0v) is 21.0. The van der Waals surface area contributed by atoms with Gasteiger partial charge in [-0.25, -0.2) is 18.6 Å². The molecule has 9 heteroatoms. The van der Waals surface area contributed by atoms with Crippen molar-refractivity contribution in [3.8, 4) is 0 Å². The largest absolute Gasteiger partial charge is 0.335 e. The molecule has 6 rings (SSSR count). The number of benzene rings is 2. The van der Waals surface area contributed by atoms with Crippen LogP contribution in [-0.2, 0) is 6.54 Å². The summed E-state index contributed by atoms with van der Waals surface area (Å²) in [7, 11) is -4.94. The molecule has 0 fully saturated rings. The van der Waals surface area contributed by atoms with Crippen LogP contribution in [0, 0.1) is 10.2 Å². The van der Waals surface area contributed by atoms with E-state index in [2.05, 4.69) is 64.1 Å². The number of aromatic nitrogens is 1. The van der Waals surface area contributed by atoms with Gasteiger partial charge in [0.05, 0.1) is 10.7 Å². The van der Waals surface area contributed by atoms with Crippen molar-refractivity contribution in [1.29, 1.82) is 0 Å². The minimum atomic E-state index is -4.94. The summed E-state index contributed by atoms with van der Waals surface area (Å²) in [5, 5.41) is 2.96. The van der Waals surface area contributed by atoms with Crippen molar-refractivity contribution in [3.05, 3.63) is 70.2 Å². The summed E-state index contributed by atoms with van der Waals surface area (Å²) in [5.41, 5.74) is 5.90. The van der Waals surface area contributed by atoms with Crippen LogP contribution >= 0.6 is 23.1 Å². The lowest BCUT2D eigenvalue weighted by Gasteiger charge is -2.19. The predicted octanol–water partition coefficient (Wildman–Crippen LogP) is 2.01. The van der Waals surface area contributed by atoms with Crippen LogP contribution in [0.5, 0.6) is 0 Å². The molecular weight excluding hydrogens is 492 g/mol. The second-order valence-corrected chi connectivity index (χ2v) is 11.4. The van der Waals surface area contributed by atoms with Crippen LogP contribution < -0.4 is 28.1 Å². The van der Waals surface area contributed by atoms with Gasteiger partial charge in [0.2, 0.25) is 5.52 Å². The van der Waals surface area contributed by atoms with E-state index >= 15 is 0 Å². The van der Waals surface area contributed by atoms with Gasteiger partial charge in [-0.2, -0.15) is 4.57 Å². The van der Waals surface area contributed by atoms with Crippen LogP contribution in [0.25, 0.3) is 15.8 Å². The Labute approximate surface area is 209 Å². The summed E-state index contributed by atoms with van der Waals surface area (Å²) in [6.07, 6.45) is 10.1. The van der Waals surface area contributed by atoms with E-state index in [1.165, 1.54) is 69.4 Å². The van der Waals surface area contributed by atoms with Crippen LogP contribution in [0.1, 0.15) is 43.5 Å². The molecular formula is C25H25ClN2O4S2. The Morgan fingerprint density at radius 2 is 1.62 bits per heavy atom. The molecule has 0 saturated heterocycles. The van der Waals surface area contributed by atoms with E-state index in [1.807, 2.05) is 23.1 Å². The molecule has 0 saturated carbocycles. The maximum atomic E-state index is 8.49. The van der Waals surface area contributed by atoms with Crippen molar-refractivity contribution in [2.24, 2.45) is 0 Å². The van der Waals surface area contributed by atoms with E-state index in [0.717, 1.165) is 13.1 Å². The Balaban J connectivity index is 0.000000439. The van der Waals surface area contributed by atoms with Gasteiger partial charge >= 0.3 is 0 Å². The first-order chi connectivity index (χ1) is 16.4. The number of allylic oxidation sites excluding steroid dienone is 3. The highest BCUT2D eigenvalue weighted by Crippen LogP contribution is 2.49. The van der Waals surface area contributed by atoms with Crippen LogP contribution in [0.2, 0.25) is 0 Å². The van der Waals surface area contributed by atoms with Gasteiger partial charge in [0, 0.05) is 29.5 Å². The monoisotopic (exact) mass is 516 g/mol. The number of anilines is 1. The Morgan fingerprint density at radius 3 is 2.47 bits per heavy atom. The summed E-state index contributed by atoms with van der Waals surface area (Å²) in [4.78, 5) is 3.99. The number of thioether (sulfide) groups is 1. The van der Waals surface area contributed by atoms with Crippen LogP contribution in [0.4, 0.5) is 5.69 Å². The molecule has 3 aromatic rings. The molecule has 6 nitrogen and oxygen atoms in total. The first-order valence-corrected chi connectivity index (χ1v) is 14.3.